The van der Waals surface area contributed by atoms with Crippen molar-refractivity contribution in [3.63, 3.8) is 0 Å². The molecule has 2 heteroatoms. The van der Waals surface area contributed by atoms with Gasteiger partial charge in [-0.25, -0.2) is 0 Å². The van der Waals surface area contributed by atoms with Gasteiger partial charge in [0.25, 0.3) is 0 Å². The van der Waals surface area contributed by atoms with Gasteiger partial charge in [0.05, 0.1) is 0 Å². The zero-order valence-corrected chi connectivity index (χ0v) is 29.8. The Balaban J connectivity index is 1.05. The Hall–Kier alpha value is -6.90. The molecule has 54 heavy (non-hydrogen) atoms. The van der Waals surface area contributed by atoms with Crippen LogP contribution < -0.4 is 10.3 Å². The maximum Gasteiger partial charge on any atom is 0.321 e. The van der Waals surface area contributed by atoms with E-state index in [4.69, 9.17) is 0 Å². The average molecular weight is 686 g/mol. The first kappa shape index (κ1) is 31.8. The van der Waals surface area contributed by atoms with Crippen LogP contribution in [0, 0.1) is 0 Å². The predicted octanol–water partition coefficient (Wildman–Crippen LogP) is 12.9. The van der Waals surface area contributed by atoms with Gasteiger partial charge in [0, 0.05) is 11.3 Å². The molecule has 8 aromatic rings. The van der Waals surface area contributed by atoms with Gasteiger partial charge < -0.3 is 4.81 Å². The Bertz CT molecular complexity index is 2710. The lowest BCUT2D eigenvalue weighted by molar-refractivity contribution is 1.36. The summed E-state index contributed by atoms with van der Waals surface area (Å²) >= 11 is 0. The van der Waals surface area contributed by atoms with E-state index in [2.05, 4.69) is 223 Å². The first-order valence-electron chi connectivity index (χ1n) is 18.7. The molecule has 1 nitrogen and oxygen atoms in total. The molecule has 0 amide bonds. The van der Waals surface area contributed by atoms with Gasteiger partial charge in [-0.1, -0.05) is 164 Å². The lowest BCUT2D eigenvalue weighted by atomic mass is 9.48. The van der Waals surface area contributed by atoms with Gasteiger partial charge in [-0.2, -0.15) is 0 Å². The van der Waals surface area contributed by atoms with Crippen LogP contribution in [0.5, 0.6) is 0 Å². The van der Waals surface area contributed by atoms with E-state index in [1.807, 2.05) is 0 Å². The zero-order chi connectivity index (χ0) is 35.8. The molecule has 0 fully saturated rings. The summed E-state index contributed by atoms with van der Waals surface area (Å²) in [5.74, 6) is 2.45. The lowest BCUT2D eigenvalue weighted by Crippen LogP contribution is -2.49. The number of fused-ring (bicyclic) bond motifs is 6. The standard InChI is InChI=1S/C52H36BN/c1-4-14-37(15-5-1)40-20-12-22-42(30-40)44-26-27-52-50(35-44)49-24-10-11-25-51(49)53-36-45(28-29-54(52)53)48-33-46(39-18-8-3-9-19-39)32-47(34-48)43-23-13-21-41(31-43)38-16-6-2-7-17-38/h1-36H. The number of hydrogen-bond acceptors (Lipinski definition) is 1. The van der Waals surface area contributed by atoms with E-state index in [1.165, 1.54) is 89.0 Å². The maximum atomic E-state index is 2.45. The van der Waals surface area contributed by atoms with Gasteiger partial charge in [-0.05, 0) is 133 Å². The highest BCUT2D eigenvalue weighted by Gasteiger charge is 2.34. The van der Waals surface area contributed by atoms with Crippen molar-refractivity contribution in [2.75, 3.05) is 4.81 Å². The van der Waals surface area contributed by atoms with Crippen LogP contribution in [0.4, 0.5) is 5.69 Å². The van der Waals surface area contributed by atoms with Crippen LogP contribution in [0.3, 0.4) is 0 Å². The molecular formula is C52H36BN. The van der Waals surface area contributed by atoms with Gasteiger partial charge in [0.2, 0.25) is 0 Å². The van der Waals surface area contributed by atoms with Crippen LogP contribution in [-0.2, 0) is 0 Å². The van der Waals surface area contributed by atoms with E-state index in [-0.39, 0.29) is 6.85 Å². The average Bonchev–Trinajstić information content (AvgIpc) is 3.27. The molecule has 0 atom stereocenters. The molecule has 0 aliphatic carbocycles. The minimum absolute atomic E-state index is 0.0752. The summed E-state index contributed by atoms with van der Waals surface area (Å²) in [5.41, 5.74) is 19.7. The van der Waals surface area contributed by atoms with Crippen molar-refractivity contribution in [1.29, 1.82) is 0 Å². The van der Waals surface area contributed by atoms with Crippen molar-refractivity contribution >= 4 is 23.6 Å². The molecule has 252 valence electrons. The summed E-state index contributed by atoms with van der Waals surface area (Å²) in [6.45, 7) is 0.0752. The molecule has 10 rings (SSSR count). The number of nitrogens with zero attached hydrogens (tertiary/aromatic N) is 1. The Morgan fingerprint density at radius 3 is 1.39 bits per heavy atom. The lowest BCUT2D eigenvalue weighted by Gasteiger charge is -2.37. The Kier molecular flexibility index (Phi) is 8.00. The number of allylic oxidation sites excluding steroid dienone is 2. The normalized spacial score (nSPS) is 12.8. The van der Waals surface area contributed by atoms with Gasteiger partial charge in [0.1, 0.15) is 0 Å². The first-order valence-corrected chi connectivity index (χ1v) is 18.7. The van der Waals surface area contributed by atoms with Crippen LogP contribution in [0.1, 0.15) is 5.56 Å². The minimum atomic E-state index is 0.0752. The smallest absolute Gasteiger partial charge is 0.321 e. The van der Waals surface area contributed by atoms with Crippen LogP contribution in [0.25, 0.3) is 72.3 Å². The van der Waals surface area contributed by atoms with E-state index < -0.39 is 0 Å². The second-order valence-electron chi connectivity index (χ2n) is 14.2. The van der Waals surface area contributed by atoms with Crippen molar-refractivity contribution in [2.45, 2.75) is 0 Å². The number of benzene rings is 8. The second-order valence-corrected chi connectivity index (χ2v) is 14.2. The van der Waals surface area contributed by atoms with E-state index in [0.29, 0.717) is 0 Å². The quantitative estimate of drug-likeness (QED) is 0.158. The van der Waals surface area contributed by atoms with Crippen molar-refractivity contribution in [3.05, 3.63) is 224 Å². The topological polar surface area (TPSA) is 3.24 Å². The van der Waals surface area contributed by atoms with Crippen LogP contribution in [0.2, 0.25) is 0 Å². The molecule has 0 N–H and O–H groups in total. The van der Waals surface area contributed by atoms with Gasteiger partial charge >= 0.3 is 6.85 Å². The summed E-state index contributed by atoms with van der Waals surface area (Å²) in [4.78, 5) is 2.44. The molecule has 2 aliphatic heterocycles. The SMILES string of the molecule is C1=CN2B(C=C1c1cc(-c3ccccc3)cc(-c3cccc(-c4ccccc4)c3)c1)c1ccccc1-c1cc(-c3cccc(-c4ccccc4)c3)ccc12. The zero-order valence-electron chi connectivity index (χ0n) is 29.8. The van der Waals surface area contributed by atoms with E-state index >= 15 is 0 Å². The molecule has 2 aliphatic rings. The summed E-state index contributed by atoms with van der Waals surface area (Å²) < 4.78 is 0. The summed E-state index contributed by atoms with van der Waals surface area (Å²) in [6, 6.07) is 72.7. The van der Waals surface area contributed by atoms with Crippen LogP contribution in [0.15, 0.2) is 218 Å². The highest BCUT2D eigenvalue weighted by molar-refractivity contribution is 6.84. The van der Waals surface area contributed by atoms with Crippen LogP contribution in [-0.4, -0.2) is 6.85 Å². The highest BCUT2D eigenvalue weighted by atomic mass is 15.1. The Labute approximate surface area is 318 Å². The molecule has 8 aromatic carbocycles. The second kappa shape index (κ2) is 13.6. The number of hydrogen-bond donors (Lipinski definition) is 0. The van der Waals surface area contributed by atoms with Crippen LogP contribution >= 0.6 is 0 Å². The van der Waals surface area contributed by atoms with E-state index in [9.17, 15) is 0 Å². The monoisotopic (exact) mass is 685 g/mol. The summed E-state index contributed by atoms with van der Waals surface area (Å²) in [6.07, 6.45) is 4.58. The molecule has 0 saturated carbocycles. The van der Waals surface area contributed by atoms with Gasteiger partial charge in [-0.3, -0.25) is 0 Å². The van der Waals surface area contributed by atoms with Gasteiger partial charge in [0.15, 0.2) is 0 Å². The molecular weight excluding hydrogens is 649 g/mol. The molecule has 0 bridgehead atoms. The van der Waals surface area contributed by atoms with E-state index in [0.717, 1.165) is 0 Å². The molecule has 0 unspecified atom stereocenters. The highest BCUT2D eigenvalue weighted by Crippen LogP contribution is 2.42. The maximum absolute atomic E-state index is 2.45. The molecule has 0 saturated heterocycles. The number of anilines is 1. The molecule has 0 aromatic heterocycles. The summed E-state index contributed by atoms with van der Waals surface area (Å²) in [7, 11) is 0. The Morgan fingerprint density at radius 1 is 0.315 bits per heavy atom. The number of rotatable bonds is 6. The van der Waals surface area contributed by atoms with Crippen molar-refractivity contribution < 1.29 is 0 Å². The largest absolute Gasteiger partial charge is 0.383 e. The third kappa shape index (κ3) is 5.88. The fourth-order valence-corrected chi connectivity index (χ4v) is 8.15. The van der Waals surface area contributed by atoms with Crippen molar-refractivity contribution in [3.8, 4) is 66.8 Å². The summed E-state index contributed by atoms with van der Waals surface area (Å²) in [5, 5.41) is 0. The predicted molar refractivity (Wildman–Crippen MR) is 230 cm³/mol. The van der Waals surface area contributed by atoms with Gasteiger partial charge in [-0.15, -0.1) is 0 Å². The van der Waals surface area contributed by atoms with Crippen molar-refractivity contribution in [2.24, 2.45) is 0 Å². The third-order valence-corrected chi connectivity index (χ3v) is 10.9. The van der Waals surface area contributed by atoms with Crippen molar-refractivity contribution in [1.82, 2.24) is 0 Å². The minimum Gasteiger partial charge on any atom is -0.383 e. The Morgan fingerprint density at radius 2 is 0.759 bits per heavy atom. The first-order chi connectivity index (χ1) is 26.7. The molecule has 2 heterocycles. The molecule has 0 radical (unpaired) electrons. The third-order valence-electron chi connectivity index (χ3n) is 10.9. The fraction of sp³-hybridized carbons (Fsp3) is 0. The fourth-order valence-electron chi connectivity index (χ4n) is 8.15. The molecule has 0 spiro atoms. The van der Waals surface area contributed by atoms with E-state index in [1.54, 1.807) is 0 Å².